The Morgan fingerprint density at radius 3 is 2.88 bits per heavy atom. The van der Waals surface area contributed by atoms with Crippen LogP contribution in [0.5, 0.6) is 0 Å². The van der Waals surface area contributed by atoms with E-state index in [4.69, 9.17) is 0 Å². The van der Waals surface area contributed by atoms with E-state index in [0.29, 0.717) is 12.0 Å². The molecule has 0 spiro atoms. The number of nitrogens with zero attached hydrogens (tertiary/aromatic N) is 4. The van der Waals surface area contributed by atoms with Gasteiger partial charge in [0.15, 0.2) is 0 Å². The quantitative estimate of drug-likeness (QED) is 0.784. The molecule has 1 aliphatic heterocycles. The molecule has 1 aromatic heterocycles. The Hall–Kier alpha value is -0.900. The molecule has 1 saturated heterocycles. The van der Waals surface area contributed by atoms with Crippen molar-refractivity contribution in [3.63, 3.8) is 0 Å². The largest absolute Gasteiger partial charge is 0.319 e. The van der Waals surface area contributed by atoms with Crippen molar-refractivity contribution in [2.24, 2.45) is 13.0 Å². The highest BCUT2D eigenvalue weighted by atomic mass is 15.3. The summed E-state index contributed by atoms with van der Waals surface area (Å²) in [6.45, 7) is 6.93. The molecule has 0 unspecified atom stereocenters. The number of piperidine rings is 1. The van der Waals surface area contributed by atoms with Crippen LogP contribution in [0, 0.1) is 5.92 Å². The Kier molecular flexibility index (Phi) is 3.59. The molecule has 0 bridgehead atoms. The minimum absolute atomic E-state index is 0.476. The molecule has 0 N–H and O–H groups in total. The molecule has 1 atom stereocenters. The number of aryl methyl sites for hydroxylation is 1. The van der Waals surface area contributed by atoms with Crippen molar-refractivity contribution in [1.29, 1.82) is 0 Å². The summed E-state index contributed by atoms with van der Waals surface area (Å²) in [6, 6.07) is 0.476. The average molecular weight is 222 g/mol. The van der Waals surface area contributed by atoms with E-state index in [1.54, 1.807) is 6.33 Å². The molecule has 90 valence electrons. The van der Waals surface area contributed by atoms with Gasteiger partial charge in [-0.25, -0.2) is 0 Å². The third kappa shape index (κ3) is 2.43. The third-order valence-electron chi connectivity index (χ3n) is 3.26. The zero-order chi connectivity index (χ0) is 11.5. The molecule has 0 amide bonds. The highest BCUT2D eigenvalue weighted by Gasteiger charge is 2.27. The number of rotatable bonds is 3. The van der Waals surface area contributed by atoms with Crippen molar-refractivity contribution in [2.45, 2.75) is 39.2 Å². The van der Waals surface area contributed by atoms with Gasteiger partial charge in [-0.3, -0.25) is 4.90 Å². The topological polar surface area (TPSA) is 34.0 Å². The standard InChI is InChI=1S/C12H22N4/c1-10(2)8-16-7-5-4-6-11(16)12-14-13-9-15(12)3/h9-11H,4-8H2,1-3H3/t11-/m0/s1. The summed E-state index contributed by atoms with van der Waals surface area (Å²) in [5, 5.41) is 8.27. The molecule has 0 aromatic carbocycles. The molecule has 0 aliphatic carbocycles. The SMILES string of the molecule is CC(C)CN1CCCC[C@H]1c1nncn1C. The average Bonchev–Trinajstić information content (AvgIpc) is 2.64. The second kappa shape index (κ2) is 4.95. The monoisotopic (exact) mass is 222 g/mol. The van der Waals surface area contributed by atoms with Crippen molar-refractivity contribution >= 4 is 0 Å². The lowest BCUT2D eigenvalue weighted by Gasteiger charge is -2.35. The minimum Gasteiger partial charge on any atom is -0.319 e. The van der Waals surface area contributed by atoms with Crippen LogP contribution in [0.15, 0.2) is 6.33 Å². The molecule has 16 heavy (non-hydrogen) atoms. The second-order valence-electron chi connectivity index (χ2n) is 5.20. The maximum atomic E-state index is 4.27. The predicted molar refractivity (Wildman–Crippen MR) is 64.0 cm³/mol. The summed E-state index contributed by atoms with van der Waals surface area (Å²) < 4.78 is 2.06. The lowest BCUT2D eigenvalue weighted by Crippen LogP contribution is -2.37. The molecule has 0 radical (unpaired) electrons. The Bertz CT molecular complexity index is 332. The van der Waals surface area contributed by atoms with E-state index < -0.39 is 0 Å². The molecular formula is C12H22N4. The van der Waals surface area contributed by atoms with Crippen molar-refractivity contribution < 1.29 is 0 Å². The normalized spacial score (nSPS) is 22.9. The van der Waals surface area contributed by atoms with Gasteiger partial charge in [-0.05, 0) is 25.3 Å². The first-order valence-corrected chi connectivity index (χ1v) is 6.26. The Morgan fingerprint density at radius 1 is 1.44 bits per heavy atom. The smallest absolute Gasteiger partial charge is 0.149 e. The van der Waals surface area contributed by atoms with Crippen LogP contribution < -0.4 is 0 Å². The Labute approximate surface area is 97.7 Å². The zero-order valence-corrected chi connectivity index (χ0v) is 10.6. The van der Waals surface area contributed by atoms with Gasteiger partial charge in [0, 0.05) is 13.6 Å². The molecule has 0 saturated carbocycles. The first-order chi connectivity index (χ1) is 7.68. The first kappa shape index (κ1) is 11.6. The first-order valence-electron chi connectivity index (χ1n) is 6.26. The van der Waals surface area contributed by atoms with E-state index >= 15 is 0 Å². The van der Waals surface area contributed by atoms with E-state index in [2.05, 4.69) is 33.5 Å². The molecule has 1 aliphatic rings. The van der Waals surface area contributed by atoms with Gasteiger partial charge in [-0.15, -0.1) is 10.2 Å². The van der Waals surface area contributed by atoms with E-state index in [9.17, 15) is 0 Å². The second-order valence-corrected chi connectivity index (χ2v) is 5.20. The van der Waals surface area contributed by atoms with E-state index in [0.717, 1.165) is 12.4 Å². The lowest BCUT2D eigenvalue weighted by molar-refractivity contribution is 0.124. The molecule has 4 heteroatoms. The van der Waals surface area contributed by atoms with Crippen LogP contribution in [0.3, 0.4) is 0 Å². The minimum atomic E-state index is 0.476. The third-order valence-corrected chi connectivity index (χ3v) is 3.26. The van der Waals surface area contributed by atoms with Crippen LogP contribution >= 0.6 is 0 Å². The summed E-state index contributed by atoms with van der Waals surface area (Å²) in [4.78, 5) is 2.57. The van der Waals surface area contributed by atoms with Crippen LogP contribution in [0.25, 0.3) is 0 Å². The van der Waals surface area contributed by atoms with Gasteiger partial charge in [0.05, 0.1) is 6.04 Å². The summed E-state index contributed by atoms with van der Waals surface area (Å²) in [5.74, 6) is 1.84. The molecule has 2 rings (SSSR count). The van der Waals surface area contributed by atoms with Crippen molar-refractivity contribution in [2.75, 3.05) is 13.1 Å². The summed E-state index contributed by atoms with van der Waals surface area (Å²) in [5.41, 5.74) is 0. The van der Waals surface area contributed by atoms with E-state index in [-0.39, 0.29) is 0 Å². The van der Waals surface area contributed by atoms with Gasteiger partial charge in [-0.2, -0.15) is 0 Å². The van der Waals surface area contributed by atoms with Crippen molar-refractivity contribution in [1.82, 2.24) is 19.7 Å². The molecule has 1 aromatic rings. The van der Waals surface area contributed by atoms with Crippen molar-refractivity contribution in [3.05, 3.63) is 12.2 Å². The summed E-state index contributed by atoms with van der Waals surface area (Å²) in [6.07, 6.45) is 5.66. The molecular weight excluding hydrogens is 200 g/mol. The van der Waals surface area contributed by atoms with Crippen molar-refractivity contribution in [3.8, 4) is 0 Å². The Balaban J connectivity index is 2.13. The summed E-state index contributed by atoms with van der Waals surface area (Å²) in [7, 11) is 2.04. The van der Waals surface area contributed by atoms with Gasteiger partial charge in [0.1, 0.15) is 12.2 Å². The van der Waals surface area contributed by atoms with E-state index in [1.807, 2.05) is 7.05 Å². The van der Waals surface area contributed by atoms with Crippen LogP contribution in [0.1, 0.15) is 45.0 Å². The van der Waals surface area contributed by atoms with Gasteiger partial charge in [0.25, 0.3) is 0 Å². The predicted octanol–water partition coefficient (Wildman–Crippen LogP) is 2.00. The fourth-order valence-electron chi connectivity index (χ4n) is 2.56. The van der Waals surface area contributed by atoms with Crippen LogP contribution in [-0.2, 0) is 7.05 Å². The number of aromatic nitrogens is 3. The number of hydrogen-bond donors (Lipinski definition) is 0. The molecule has 4 nitrogen and oxygen atoms in total. The highest BCUT2D eigenvalue weighted by molar-refractivity contribution is 4.97. The van der Waals surface area contributed by atoms with Gasteiger partial charge in [0.2, 0.25) is 0 Å². The fourth-order valence-corrected chi connectivity index (χ4v) is 2.56. The lowest BCUT2D eigenvalue weighted by atomic mass is 10.00. The number of hydrogen-bond acceptors (Lipinski definition) is 3. The Morgan fingerprint density at radius 2 is 2.25 bits per heavy atom. The van der Waals surface area contributed by atoms with Crippen LogP contribution in [0.2, 0.25) is 0 Å². The van der Waals surface area contributed by atoms with Gasteiger partial charge >= 0.3 is 0 Å². The maximum absolute atomic E-state index is 4.27. The van der Waals surface area contributed by atoms with Crippen LogP contribution in [-0.4, -0.2) is 32.8 Å². The molecule has 1 fully saturated rings. The zero-order valence-electron chi connectivity index (χ0n) is 10.6. The van der Waals surface area contributed by atoms with Gasteiger partial charge in [-0.1, -0.05) is 20.3 Å². The summed E-state index contributed by atoms with van der Waals surface area (Å²) >= 11 is 0. The fraction of sp³-hybridized carbons (Fsp3) is 0.833. The molecule has 2 heterocycles. The highest BCUT2D eigenvalue weighted by Crippen LogP contribution is 2.29. The van der Waals surface area contributed by atoms with E-state index in [1.165, 1.54) is 25.8 Å². The van der Waals surface area contributed by atoms with Gasteiger partial charge < -0.3 is 4.57 Å². The number of likely N-dealkylation sites (tertiary alicyclic amines) is 1. The van der Waals surface area contributed by atoms with Crippen LogP contribution in [0.4, 0.5) is 0 Å². The maximum Gasteiger partial charge on any atom is 0.149 e.